The number of carbonyl (C=O) groups excluding carboxylic acids is 1. The number of fused-ring (bicyclic) bond motifs is 1. The van der Waals surface area contributed by atoms with E-state index in [1.54, 1.807) is 74.5 Å². The quantitative estimate of drug-likeness (QED) is 0.183. The molecule has 1 aromatic heterocycles. The SMILES string of the molecule is CCOC(=O)C1=C(C)N=c2s/c(=C\c3cc(Cl)cc(Br)c3OCc3ccc(Cl)cc3Cl)c(=O)n2[C@@H]1c1ccccc1Cl. The molecule has 1 aliphatic rings. The van der Waals surface area contributed by atoms with Crippen molar-refractivity contribution in [3.63, 3.8) is 0 Å². The first-order chi connectivity index (χ1) is 20.1. The van der Waals surface area contributed by atoms with Crippen molar-refractivity contribution < 1.29 is 14.3 Å². The molecule has 12 heteroatoms. The molecule has 3 aromatic carbocycles. The fourth-order valence-electron chi connectivity index (χ4n) is 4.55. The molecule has 6 nitrogen and oxygen atoms in total. The maximum absolute atomic E-state index is 14.0. The monoisotopic (exact) mass is 724 g/mol. The Bertz CT molecular complexity index is 1940. The minimum Gasteiger partial charge on any atom is -0.487 e. The largest absolute Gasteiger partial charge is 0.487 e. The van der Waals surface area contributed by atoms with E-state index in [0.717, 1.165) is 5.56 Å². The van der Waals surface area contributed by atoms with E-state index in [4.69, 9.17) is 55.9 Å². The molecule has 0 unspecified atom stereocenters. The van der Waals surface area contributed by atoms with Gasteiger partial charge < -0.3 is 9.47 Å². The normalized spacial score (nSPS) is 14.9. The zero-order valence-corrected chi connectivity index (χ0v) is 27.5. The molecule has 216 valence electrons. The van der Waals surface area contributed by atoms with Gasteiger partial charge in [-0.15, -0.1) is 0 Å². The Kier molecular flexibility index (Phi) is 9.52. The van der Waals surface area contributed by atoms with E-state index in [9.17, 15) is 9.59 Å². The molecule has 0 bridgehead atoms. The van der Waals surface area contributed by atoms with E-state index >= 15 is 0 Å². The lowest BCUT2D eigenvalue weighted by atomic mass is 9.96. The van der Waals surface area contributed by atoms with Gasteiger partial charge in [0.25, 0.3) is 5.56 Å². The van der Waals surface area contributed by atoms with Crippen LogP contribution in [-0.2, 0) is 16.1 Å². The highest BCUT2D eigenvalue weighted by atomic mass is 79.9. The number of rotatable bonds is 7. The van der Waals surface area contributed by atoms with Crippen LogP contribution in [0.4, 0.5) is 0 Å². The molecule has 0 saturated carbocycles. The van der Waals surface area contributed by atoms with Gasteiger partial charge >= 0.3 is 5.97 Å². The van der Waals surface area contributed by atoms with Crippen molar-refractivity contribution in [2.75, 3.05) is 6.61 Å². The first-order valence-corrected chi connectivity index (χ1v) is 15.7. The van der Waals surface area contributed by atoms with Gasteiger partial charge in [-0.25, -0.2) is 9.79 Å². The van der Waals surface area contributed by atoms with Crippen molar-refractivity contribution in [1.82, 2.24) is 4.57 Å². The smallest absolute Gasteiger partial charge is 0.338 e. The van der Waals surface area contributed by atoms with Crippen LogP contribution in [0.5, 0.6) is 5.75 Å². The predicted octanol–water partition coefficient (Wildman–Crippen LogP) is 7.75. The van der Waals surface area contributed by atoms with Gasteiger partial charge in [0.1, 0.15) is 18.4 Å². The number of aromatic nitrogens is 1. The number of hydrogen-bond donors (Lipinski definition) is 0. The van der Waals surface area contributed by atoms with Crippen LogP contribution in [0.3, 0.4) is 0 Å². The van der Waals surface area contributed by atoms with E-state index in [-0.39, 0.29) is 24.3 Å². The molecule has 0 saturated heterocycles. The second-order valence-electron chi connectivity index (χ2n) is 9.15. The summed E-state index contributed by atoms with van der Waals surface area (Å²) in [6, 6.07) is 14.8. The first kappa shape index (κ1) is 30.9. The molecule has 0 amide bonds. The van der Waals surface area contributed by atoms with Crippen LogP contribution in [0.1, 0.15) is 36.6 Å². The third-order valence-corrected chi connectivity index (χ3v) is 9.15. The van der Waals surface area contributed by atoms with Crippen LogP contribution in [0.2, 0.25) is 20.1 Å². The summed E-state index contributed by atoms with van der Waals surface area (Å²) >= 11 is 30.1. The van der Waals surface area contributed by atoms with Gasteiger partial charge in [0.2, 0.25) is 0 Å². The third-order valence-electron chi connectivity index (χ3n) is 6.43. The summed E-state index contributed by atoms with van der Waals surface area (Å²) in [7, 11) is 0. The van der Waals surface area contributed by atoms with Crippen molar-refractivity contribution in [2.45, 2.75) is 26.5 Å². The standard InChI is InChI=1S/C30H21BrCl4N2O4S/c1-3-40-29(39)25-15(2)36-30-37(26(25)20-6-4-5-7-22(20)34)28(38)24(42-30)11-17-10-19(33)12-21(31)27(17)41-14-16-8-9-18(32)13-23(16)35/h4-13,26H,3,14H2,1-2H3/b24-11-/t26-/m1/s1. The highest BCUT2D eigenvalue weighted by molar-refractivity contribution is 9.10. The van der Waals surface area contributed by atoms with E-state index in [1.165, 1.54) is 15.9 Å². The number of esters is 1. The fraction of sp³-hybridized carbons (Fsp3) is 0.167. The summed E-state index contributed by atoms with van der Waals surface area (Å²) in [4.78, 5) is 32.2. The molecule has 0 fully saturated rings. The number of hydrogen-bond acceptors (Lipinski definition) is 6. The number of carbonyl (C=O) groups is 1. The Morgan fingerprint density at radius 1 is 1.07 bits per heavy atom. The number of thiazole rings is 1. The summed E-state index contributed by atoms with van der Waals surface area (Å²) in [6.07, 6.45) is 1.69. The van der Waals surface area contributed by atoms with E-state index in [2.05, 4.69) is 20.9 Å². The van der Waals surface area contributed by atoms with Crippen LogP contribution in [0.15, 0.2) is 80.1 Å². The molecule has 1 aliphatic heterocycles. The molecule has 4 aromatic rings. The Morgan fingerprint density at radius 2 is 1.83 bits per heavy atom. The minimum atomic E-state index is -0.829. The summed E-state index contributed by atoms with van der Waals surface area (Å²) in [5.41, 5.74) is 2.20. The zero-order valence-electron chi connectivity index (χ0n) is 22.1. The van der Waals surface area contributed by atoms with Gasteiger partial charge in [0.15, 0.2) is 4.80 Å². The molecule has 5 rings (SSSR count). The Labute approximate surface area is 273 Å². The van der Waals surface area contributed by atoms with Gasteiger partial charge in [0, 0.05) is 31.2 Å². The maximum atomic E-state index is 14.0. The number of allylic oxidation sites excluding steroid dienone is 1. The van der Waals surface area contributed by atoms with Crippen molar-refractivity contribution in [3.8, 4) is 5.75 Å². The summed E-state index contributed by atoms with van der Waals surface area (Å²) in [6.45, 7) is 3.75. The van der Waals surface area contributed by atoms with Gasteiger partial charge in [-0.2, -0.15) is 0 Å². The van der Waals surface area contributed by atoms with Crippen molar-refractivity contribution >= 4 is 85.7 Å². The molecule has 1 atom stereocenters. The van der Waals surface area contributed by atoms with Crippen LogP contribution >= 0.6 is 73.7 Å². The van der Waals surface area contributed by atoms with Crippen LogP contribution in [0.25, 0.3) is 6.08 Å². The van der Waals surface area contributed by atoms with E-state index in [0.29, 0.717) is 56.5 Å². The number of halogens is 5. The lowest BCUT2D eigenvalue weighted by Crippen LogP contribution is -2.40. The van der Waals surface area contributed by atoms with Crippen molar-refractivity contribution in [3.05, 3.63) is 127 Å². The number of benzene rings is 3. The Hall–Kier alpha value is -2.59. The third kappa shape index (κ3) is 6.20. The van der Waals surface area contributed by atoms with Crippen LogP contribution in [0, 0.1) is 0 Å². The summed E-state index contributed by atoms with van der Waals surface area (Å²) in [5, 5.41) is 1.83. The lowest BCUT2D eigenvalue weighted by Gasteiger charge is -2.25. The highest BCUT2D eigenvalue weighted by Crippen LogP contribution is 2.36. The van der Waals surface area contributed by atoms with Gasteiger partial charge in [-0.3, -0.25) is 9.36 Å². The van der Waals surface area contributed by atoms with Crippen molar-refractivity contribution in [2.24, 2.45) is 4.99 Å². The second kappa shape index (κ2) is 13.0. The van der Waals surface area contributed by atoms with Gasteiger partial charge in [-0.1, -0.05) is 82.0 Å². The maximum Gasteiger partial charge on any atom is 0.338 e. The molecule has 0 radical (unpaired) electrons. The highest BCUT2D eigenvalue weighted by Gasteiger charge is 2.34. The Morgan fingerprint density at radius 3 is 2.55 bits per heavy atom. The number of nitrogens with zero attached hydrogens (tertiary/aromatic N) is 2. The van der Waals surface area contributed by atoms with Gasteiger partial charge in [-0.05, 0) is 71.7 Å². The lowest BCUT2D eigenvalue weighted by molar-refractivity contribution is -0.139. The molecule has 0 aliphatic carbocycles. The topological polar surface area (TPSA) is 69.9 Å². The predicted molar refractivity (Wildman–Crippen MR) is 172 cm³/mol. The Balaban J connectivity index is 1.65. The molecule has 0 spiro atoms. The molecule has 2 heterocycles. The molecular weight excluding hydrogens is 706 g/mol. The molecule has 0 N–H and O–H groups in total. The summed E-state index contributed by atoms with van der Waals surface area (Å²) < 4.78 is 13.9. The average molecular weight is 727 g/mol. The minimum absolute atomic E-state index is 0.146. The van der Waals surface area contributed by atoms with Crippen molar-refractivity contribution in [1.29, 1.82) is 0 Å². The first-order valence-electron chi connectivity index (χ1n) is 12.6. The number of ether oxygens (including phenoxy) is 2. The van der Waals surface area contributed by atoms with E-state index < -0.39 is 12.0 Å². The van der Waals surface area contributed by atoms with E-state index in [1.807, 2.05) is 0 Å². The van der Waals surface area contributed by atoms with Gasteiger partial charge in [0.05, 0.1) is 26.9 Å². The summed E-state index contributed by atoms with van der Waals surface area (Å²) in [5.74, 6) is -0.101. The zero-order chi connectivity index (χ0) is 30.1. The molecule has 42 heavy (non-hydrogen) atoms. The van der Waals surface area contributed by atoms with Crippen LogP contribution < -0.4 is 19.6 Å². The fourth-order valence-corrected chi connectivity index (χ4v) is 7.24. The second-order valence-corrected chi connectivity index (χ2v) is 12.7. The molecular formula is C30H21BrCl4N2O4S. The van der Waals surface area contributed by atoms with Crippen LogP contribution in [-0.4, -0.2) is 17.1 Å². The average Bonchev–Trinajstić information content (AvgIpc) is 3.23.